The van der Waals surface area contributed by atoms with E-state index in [0.717, 1.165) is 41.7 Å². The molecule has 1 unspecified atom stereocenters. The number of rotatable bonds is 2. The standard InChI is InChI=1S/C15H18N4O/c1-10(20)18-12-5-7-19(9-12)14-3-2-11-8-17-6-4-13(11)15(14)16/h2-4,6,8,12H,5,7,9,16H2,1H3,(H,18,20). The second kappa shape index (κ2) is 5.00. The lowest BCUT2D eigenvalue weighted by molar-refractivity contribution is -0.119. The largest absolute Gasteiger partial charge is 0.397 e. The van der Waals surface area contributed by atoms with Crippen LogP contribution in [-0.4, -0.2) is 30.0 Å². The molecule has 1 fully saturated rings. The van der Waals surface area contributed by atoms with Crippen LogP contribution in [0.25, 0.3) is 10.8 Å². The van der Waals surface area contributed by atoms with Crippen molar-refractivity contribution in [3.63, 3.8) is 0 Å². The number of aromatic nitrogens is 1. The summed E-state index contributed by atoms with van der Waals surface area (Å²) in [5.74, 6) is 0.0226. The number of benzene rings is 1. The number of anilines is 2. The summed E-state index contributed by atoms with van der Waals surface area (Å²) in [6.07, 6.45) is 4.53. The minimum Gasteiger partial charge on any atom is -0.397 e. The smallest absolute Gasteiger partial charge is 0.217 e. The van der Waals surface area contributed by atoms with Crippen molar-refractivity contribution in [3.8, 4) is 0 Å². The summed E-state index contributed by atoms with van der Waals surface area (Å²) in [6.45, 7) is 3.27. The molecule has 0 bridgehead atoms. The molecule has 2 aromatic rings. The topological polar surface area (TPSA) is 71.2 Å². The van der Waals surface area contributed by atoms with E-state index >= 15 is 0 Å². The minimum absolute atomic E-state index is 0.0226. The first-order valence-electron chi connectivity index (χ1n) is 6.79. The Morgan fingerprint density at radius 3 is 3.10 bits per heavy atom. The maximum atomic E-state index is 11.1. The summed E-state index contributed by atoms with van der Waals surface area (Å²) >= 11 is 0. The van der Waals surface area contributed by atoms with Crippen molar-refractivity contribution in [2.75, 3.05) is 23.7 Å². The maximum absolute atomic E-state index is 11.1. The molecule has 0 spiro atoms. The Morgan fingerprint density at radius 2 is 2.30 bits per heavy atom. The van der Waals surface area contributed by atoms with Gasteiger partial charge in [-0.1, -0.05) is 6.07 Å². The summed E-state index contributed by atoms with van der Waals surface area (Å²) in [6, 6.07) is 6.23. The van der Waals surface area contributed by atoms with Crippen molar-refractivity contribution in [3.05, 3.63) is 30.6 Å². The number of nitrogens with two attached hydrogens (primary N) is 1. The summed E-state index contributed by atoms with van der Waals surface area (Å²) < 4.78 is 0. The molecule has 1 aromatic heterocycles. The molecular formula is C15H18N4O. The highest BCUT2D eigenvalue weighted by atomic mass is 16.1. The van der Waals surface area contributed by atoms with Crippen LogP contribution in [0.1, 0.15) is 13.3 Å². The molecule has 1 atom stereocenters. The van der Waals surface area contributed by atoms with Gasteiger partial charge in [-0.3, -0.25) is 9.78 Å². The van der Waals surface area contributed by atoms with E-state index in [9.17, 15) is 4.79 Å². The van der Waals surface area contributed by atoms with Crippen molar-refractivity contribution < 1.29 is 4.79 Å². The highest BCUT2D eigenvalue weighted by molar-refractivity contribution is 5.98. The zero-order valence-corrected chi connectivity index (χ0v) is 11.5. The maximum Gasteiger partial charge on any atom is 0.217 e. The van der Waals surface area contributed by atoms with Crippen LogP contribution >= 0.6 is 0 Å². The Labute approximate surface area is 117 Å². The van der Waals surface area contributed by atoms with Gasteiger partial charge in [0.15, 0.2) is 0 Å². The van der Waals surface area contributed by atoms with Crippen LogP contribution in [-0.2, 0) is 4.79 Å². The summed E-state index contributed by atoms with van der Waals surface area (Å²) in [5, 5.41) is 5.04. The Balaban J connectivity index is 1.88. The van der Waals surface area contributed by atoms with Gasteiger partial charge in [-0.25, -0.2) is 0 Å². The quantitative estimate of drug-likeness (QED) is 0.812. The van der Waals surface area contributed by atoms with E-state index in [1.165, 1.54) is 0 Å². The molecule has 3 N–H and O–H groups in total. The normalized spacial score (nSPS) is 18.4. The first kappa shape index (κ1) is 12.7. The number of carbonyl (C=O) groups excluding carboxylic acids is 1. The molecule has 0 radical (unpaired) electrons. The second-order valence-electron chi connectivity index (χ2n) is 5.23. The van der Waals surface area contributed by atoms with Crippen molar-refractivity contribution >= 4 is 28.1 Å². The van der Waals surface area contributed by atoms with Crippen LogP contribution in [0.2, 0.25) is 0 Å². The van der Waals surface area contributed by atoms with Crippen LogP contribution in [0.5, 0.6) is 0 Å². The van der Waals surface area contributed by atoms with Gasteiger partial charge in [0.1, 0.15) is 0 Å². The molecular weight excluding hydrogens is 252 g/mol. The summed E-state index contributed by atoms with van der Waals surface area (Å²) in [4.78, 5) is 17.5. The third kappa shape index (κ3) is 2.27. The van der Waals surface area contributed by atoms with Gasteiger partial charge in [0.05, 0.1) is 11.4 Å². The van der Waals surface area contributed by atoms with E-state index in [-0.39, 0.29) is 11.9 Å². The zero-order chi connectivity index (χ0) is 14.1. The lowest BCUT2D eigenvalue weighted by Crippen LogP contribution is -2.35. The molecule has 0 aliphatic carbocycles. The number of nitrogens with zero attached hydrogens (tertiary/aromatic N) is 2. The van der Waals surface area contributed by atoms with Crippen molar-refractivity contribution in [1.82, 2.24) is 10.3 Å². The highest BCUT2D eigenvalue weighted by Gasteiger charge is 2.24. The van der Waals surface area contributed by atoms with Crippen LogP contribution in [0.3, 0.4) is 0 Å². The Hall–Kier alpha value is -2.30. The van der Waals surface area contributed by atoms with E-state index in [2.05, 4.69) is 15.2 Å². The van der Waals surface area contributed by atoms with Crippen LogP contribution in [0.4, 0.5) is 11.4 Å². The molecule has 1 aromatic carbocycles. The van der Waals surface area contributed by atoms with Crippen LogP contribution in [0.15, 0.2) is 30.6 Å². The van der Waals surface area contributed by atoms with Gasteiger partial charge in [0, 0.05) is 49.2 Å². The number of fused-ring (bicyclic) bond motifs is 1. The molecule has 1 aliphatic rings. The van der Waals surface area contributed by atoms with Crippen LogP contribution in [0, 0.1) is 0 Å². The van der Waals surface area contributed by atoms with E-state index < -0.39 is 0 Å². The third-order valence-corrected chi connectivity index (χ3v) is 3.78. The molecule has 104 valence electrons. The molecule has 20 heavy (non-hydrogen) atoms. The zero-order valence-electron chi connectivity index (χ0n) is 11.5. The van der Waals surface area contributed by atoms with E-state index in [1.54, 1.807) is 13.1 Å². The molecule has 3 rings (SSSR count). The van der Waals surface area contributed by atoms with Crippen molar-refractivity contribution in [2.45, 2.75) is 19.4 Å². The van der Waals surface area contributed by atoms with Crippen molar-refractivity contribution in [2.24, 2.45) is 0 Å². The van der Waals surface area contributed by atoms with Gasteiger partial charge in [-0.15, -0.1) is 0 Å². The summed E-state index contributed by atoms with van der Waals surface area (Å²) in [5.41, 5.74) is 8.11. The Morgan fingerprint density at radius 1 is 1.45 bits per heavy atom. The third-order valence-electron chi connectivity index (χ3n) is 3.78. The fraction of sp³-hybridized carbons (Fsp3) is 0.333. The van der Waals surface area contributed by atoms with Gasteiger partial charge in [0.2, 0.25) is 5.91 Å². The fourth-order valence-electron chi connectivity index (χ4n) is 2.84. The average Bonchev–Trinajstić information content (AvgIpc) is 2.87. The monoisotopic (exact) mass is 270 g/mol. The van der Waals surface area contributed by atoms with Crippen LogP contribution < -0.4 is 16.0 Å². The number of nitrogen functional groups attached to an aromatic ring is 1. The number of nitrogens with one attached hydrogen (secondary N) is 1. The second-order valence-corrected chi connectivity index (χ2v) is 5.23. The van der Waals surface area contributed by atoms with Crippen molar-refractivity contribution in [1.29, 1.82) is 0 Å². The number of hydrogen-bond donors (Lipinski definition) is 2. The number of hydrogen-bond acceptors (Lipinski definition) is 4. The lowest BCUT2D eigenvalue weighted by atomic mass is 10.1. The summed E-state index contributed by atoms with van der Waals surface area (Å²) in [7, 11) is 0. The molecule has 0 saturated carbocycles. The minimum atomic E-state index is 0.0226. The Kier molecular flexibility index (Phi) is 3.18. The highest BCUT2D eigenvalue weighted by Crippen LogP contribution is 2.32. The molecule has 1 amide bonds. The number of amides is 1. The lowest BCUT2D eigenvalue weighted by Gasteiger charge is -2.21. The SMILES string of the molecule is CC(=O)NC1CCN(c2ccc3cnccc3c2N)C1. The van der Waals surface area contributed by atoms with Gasteiger partial charge in [-0.05, 0) is 18.6 Å². The van der Waals surface area contributed by atoms with E-state index in [4.69, 9.17) is 5.73 Å². The number of carbonyl (C=O) groups is 1. The first-order chi connectivity index (χ1) is 9.65. The Bertz CT molecular complexity index is 655. The first-order valence-corrected chi connectivity index (χ1v) is 6.79. The van der Waals surface area contributed by atoms with Gasteiger partial charge >= 0.3 is 0 Å². The number of pyridine rings is 1. The van der Waals surface area contributed by atoms with Gasteiger partial charge < -0.3 is 16.0 Å². The fourth-order valence-corrected chi connectivity index (χ4v) is 2.84. The molecule has 5 nitrogen and oxygen atoms in total. The molecule has 1 saturated heterocycles. The molecule has 1 aliphatic heterocycles. The van der Waals surface area contributed by atoms with E-state index in [1.807, 2.05) is 24.4 Å². The average molecular weight is 270 g/mol. The van der Waals surface area contributed by atoms with Gasteiger partial charge in [-0.2, -0.15) is 0 Å². The molecule has 2 heterocycles. The van der Waals surface area contributed by atoms with Gasteiger partial charge in [0.25, 0.3) is 0 Å². The predicted octanol–water partition coefficient (Wildman–Crippen LogP) is 1.53. The van der Waals surface area contributed by atoms with E-state index in [0.29, 0.717) is 0 Å². The predicted molar refractivity (Wildman–Crippen MR) is 80.6 cm³/mol. The molecule has 5 heteroatoms.